The van der Waals surface area contributed by atoms with Gasteiger partial charge in [-0.05, 0) is 54.5 Å². The summed E-state index contributed by atoms with van der Waals surface area (Å²) in [5, 5.41) is 16.8. The number of hydrogen-bond donors (Lipinski definition) is 0. The summed E-state index contributed by atoms with van der Waals surface area (Å²) >= 11 is 0. The summed E-state index contributed by atoms with van der Waals surface area (Å²) in [6.45, 7) is 7.49. The molecule has 4 rings (SSSR count). The van der Waals surface area contributed by atoms with Crippen LogP contribution in [0, 0.1) is 15.5 Å². The Labute approximate surface area is 229 Å². The van der Waals surface area contributed by atoms with Crippen molar-refractivity contribution in [2.75, 3.05) is 7.05 Å². The van der Waals surface area contributed by atoms with Crippen LogP contribution in [0.1, 0.15) is 69.9 Å². The standard InChI is InChI=1S/C29H29F3N4O4/c1-5-6-10-21-26-24(15-28(2,3)16-25(26)37)35(33-21)22-12-11-19(14-23(22)36(39)40)27(38)34(4)17-18-8-7-9-20(13-18)29(30,31)32/h5,7-9,11-14H,1,6,10,15-17H2,2-4H3. The minimum Gasteiger partial charge on any atom is -0.337 e. The molecule has 0 unspecified atom stereocenters. The first-order valence-electron chi connectivity index (χ1n) is 12.7. The zero-order chi connectivity index (χ0) is 29.4. The van der Waals surface area contributed by atoms with Crippen molar-refractivity contribution in [3.05, 3.63) is 98.9 Å². The Kier molecular flexibility index (Phi) is 7.69. The molecule has 11 heteroatoms. The molecule has 1 heterocycles. The molecule has 40 heavy (non-hydrogen) atoms. The van der Waals surface area contributed by atoms with E-state index >= 15 is 0 Å². The number of nitro benzene ring substituents is 1. The van der Waals surface area contributed by atoms with Crippen molar-refractivity contribution in [2.45, 2.75) is 52.3 Å². The van der Waals surface area contributed by atoms with Crippen LogP contribution in [0.3, 0.4) is 0 Å². The van der Waals surface area contributed by atoms with Gasteiger partial charge in [0.15, 0.2) is 5.78 Å². The van der Waals surface area contributed by atoms with Gasteiger partial charge in [-0.1, -0.05) is 32.1 Å². The molecule has 0 N–H and O–H groups in total. The summed E-state index contributed by atoms with van der Waals surface area (Å²) in [5.74, 6) is -0.667. The Hall–Kier alpha value is -4.28. The highest BCUT2D eigenvalue weighted by molar-refractivity contribution is 6.00. The first kappa shape index (κ1) is 28.7. The fourth-order valence-electron chi connectivity index (χ4n) is 5.03. The van der Waals surface area contributed by atoms with Crippen molar-refractivity contribution in [1.29, 1.82) is 0 Å². The smallest absolute Gasteiger partial charge is 0.337 e. The van der Waals surface area contributed by atoms with Crippen LogP contribution in [0.25, 0.3) is 5.69 Å². The second-order valence-electron chi connectivity index (χ2n) is 10.8. The maximum Gasteiger partial charge on any atom is 0.416 e. The number of carbonyl (C=O) groups excluding carboxylic acids is 2. The minimum atomic E-state index is -4.52. The number of Topliss-reactive ketones (excluding diaryl/α,β-unsaturated/α-hetero) is 1. The van der Waals surface area contributed by atoms with Gasteiger partial charge in [0.05, 0.1) is 27.4 Å². The van der Waals surface area contributed by atoms with Gasteiger partial charge < -0.3 is 4.90 Å². The number of alkyl halides is 3. The highest BCUT2D eigenvalue weighted by atomic mass is 19.4. The summed E-state index contributed by atoms with van der Waals surface area (Å²) < 4.78 is 40.7. The van der Waals surface area contributed by atoms with Gasteiger partial charge in [-0.2, -0.15) is 18.3 Å². The Morgan fingerprint density at radius 3 is 2.60 bits per heavy atom. The lowest BCUT2D eigenvalue weighted by molar-refractivity contribution is -0.384. The number of carbonyl (C=O) groups is 2. The van der Waals surface area contributed by atoms with Gasteiger partial charge in [-0.3, -0.25) is 19.7 Å². The van der Waals surface area contributed by atoms with E-state index in [1.165, 1.54) is 40.9 Å². The van der Waals surface area contributed by atoms with Gasteiger partial charge in [0.2, 0.25) is 0 Å². The summed E-state index contributed by atoms with van der Waals surface area (Å²) in [4.78, 5) is 38.9. The largest absolute Gasteiger partial charge is 0.416 e. The maximum atomic E-state index is 13.1. The monoisotopic (exact) mass is 554 g/mol. The zero-order valence-electron chi connectivity index (χ0n) is 22.4. The fraction of sp³-hybridized carbons (Fsp3) is 0.345. The van der Waals surface area contributed by atoms with Gasteiger partial charge in [0.1, 0.15) is 5.69 Å². The number of benzene rings is 2. The average Bonchev–Trinajstić information content (AvgIpc) is 3.23. The number of hydrogen-bond acceptors (Lipinski definition) is 5. The molecule has 2 aromatic carbocycles. The molecule has 0 fully saturated rings. The zero-order valence-corrected chi connectivity index (χ0v) is 22.4. The van der Waals surface area contributed by atoms with Crippen molar-refractivity contribution in [3.63, 3.8) is 0 Å². The highest BCUT2D eigenvalue weighted by Gasteiger charge is 2.37. The van der Waals surface area contributed by atoms with E-state index in [-0.39, 0.29) is 40.2 Å². The lowest BCUT2D eigenvalue weighted by Gasteiger charge is -2.29. The van der Waals surface area contributed by atoms with E-state index in [9.17, 15) is 32.9 Å². The summed E-state index contributed by atoms with van der Waals surface area (Å²) in [7, 11) is 1.41. The second-order valence-corrected chi connectivity index (χ2v) is 10.8. The van der Waals surface area contributed by atoms with Gasteiger partial charge in [-0.15, -0.1) is 6.58 Å². The number of fused-ring (bicyclic) bond motifs is 1. The third-order valence-corrected chi connectivity index (χ3v) is 6.87. The van der Waals surface area contributed by atoms with E-state index in [1.54, 1.807) is 6.08 Å². The molecule has 0 atom stereocenters. The topological polar surface area (TPSA) is 98.3 Å². The highest BCUT2D eigenvalue weighted by Crippen LogP contribution is 2.39. The second kappa shape index (κ2) is 10.7. The van der Waals surface area contributed by atoms with E-state index < -0.39 is 22.6 Å². The molecule has 1 aliphatic rings. The number of aromatic nitrogens is 2. The van der Waals surface area contributed by atoms with Crippen molar-refractivity contribution in [3.8, 4) is 5.69 Å². The van der Waals surface area contributed by atoms with Crippen molar-refractivity contribution >= 4 is 17.4 Å². The Morgan fingerprint density at radius 2 is 1.95 bits per heavy atom. The number of halogens is 3. The van der Waals surface area contributed by atoms with E-state index in [0.29, 0.717) is 42.6 Å². The molecule has 1 amide bonds. The molecular formula is C29H29F3N4O4. The first-order valence-corrected chi connectivity index (χ1v) is 12.7. The van der Waals surface area contributed by atoms with Crippen molar-refractivity contribution < 1.29 is 27.7 Å². The Bertz CT molecular complexity index is 1510. The number of rotatable bonds is 8. The molecule has 0 saturated carbocycles. The van der Waals surface area contributed by atoms with Crippen LogP contribution in [0.2, 0.25) is 0 Å². The Morgan fingerprint density at radius 1 is 1.23 bits per heavy atom. The average molecular weight is 555 g/mol. The minimum absolute atomic E-state index is 0.00534. The van der Waals surface area contributed by atoms with E-state index in [0.717, 1.165) is 18.2 Å². The fourth-order valence-corrected chi connectivity index (χ4v) is 5.03. The molecule has 0 bridgehead atoms. The van der Waals surface area contributed by atoms with Crippen LogP contribution in [-0.2, 0) is 25.6 Å². The van der Waals surface area contributed by atoms with Crippen LogP contribution in [0.4, 0.5) is 18.9 Å². The molecule has 0 saturated heterocycles. The molecule has 0 radical (unpaired) electrons. The first-order chi connectivity index (χ1) is 18.7. The predicted octanol–water partition coefficient (Wildman–Crippen LogP) is 6.35. The lowest BCUT2D eigenvalue weighted by Crippen LogP contribution is -2.28. The third-order valence-electron chi connectivity index (χ3n) is 6.87. The van der Waals surface area contributed by atoms with Gasteiger partial charge in [0.25, 0.3) is 11.6 Å². The number of ketones is 1. The number of amides is 1. The number of nitro groups is 1. The summed E-state index contributed by atoms with van der Waals surface area (Å²) in [5.41, 5.74) is 0.416. The SMILES string of the molecule is C=CCCc1nn(-c2ccc(C(=O)N(C)Cc3cccc(C(F)(F)F)c3)cc2[N+](=O)[O-])c2c1C(=O)CC(C)(C)C2. The quantitative estimate of drug-likeness (QED) is 0.184. The molecule has 1 aromatic heterocycles. The van der Waals surface area contributed by atoms with E-state index in [1.807, 2.05) is 13.8 Å². The third kappa shape index (κ3) is 5.83. The van der Waals surface area contributed by atoms with Gasteiger partial charge >= 0.3 is 6.18 Å². The Balaban J connectivity index is 1.71. The van der Waals surface area contributed by atoms with Gasteiger partial charge in [0, 0.05) is 31.6 Å². The molecule has 3 aromatic rings. The van der Waals surface area contributed by atoms with Crippen LogP contribution in [-0.4, -0.2) is 38.3 Å². The lowest BCUT2D eigenvalue weighted by atomic mass is 9.75. The molecule has 210 valence electrons. The van der Waals surface area contributed by atoms with Crippen LogP contribution < -0.4 is 0 Å². The summed E-state index contributed by atoms with van der Waals surface area (Å²) in [6.07, 6.45) is -0.968. The van der Waals surface area contributed by atoms with Crippen LogP contribution in [0.15, 0.2) is 55.1 Å². The maximum absolute atomic E-state index is 13.1. The molecular weight excluding hydrogens is 525 g/mol. The molecule has 0 aliphatic heterocycles. The van der Waals surface area contributed by atoms with Crippen LogP contribution >= 0.6 is 0 Å². The molecule has 1 aliphatic carbocycles. The van der Waals surface area contributed by atoms with E-state index in [2.05, 4.69) is 11.7 Å². The van der Waals surface area contributed by atoms with Gasteiger partial charge in [-0.25, -0.2) is 4.68 Å². The number of allylic oxidation sites excluding steroid dienone is 1. The van der Waals surface area contributed by atoms with Crippen LogP contribution in [0.5, 0.6) is 0 Å². The number of nitrogens with zero attached hydrogens (tertiary/aromatic N) is 4. The van der Waals surface area contributed by atoms with Crippen molar-refractivity contribution in [2.24, 2.45) is 5.41 Å². The normalized spacial score (nSPS) is 14.5. The predicted molar refractivity (Wildman–Crippen MR) is 142 cm³/mol. The molecule has 8 nitrogen and oxygen atoms in total. The van der Waals surface area contributed by atoms with E-state index in [4.69, 9.17) is 0 Å². The van der Waals surface area contributed by atoms with Crippen molar-refractivity contribution in [1.82, 2.24) is 14.7 Å². The summed E-state index contributed by atoms with van der Waals surface area (Å²) in [6, 6.07) is 8.60. The molecule has 0 spiro atoms. The number of aryl methyl sites for hydroxylation is 1.